The largest absolute Gasteiger partial charge is 0.480 e. The number of hydrogen-bond donors (Lipinski definition) is 2. The smallest absolute Gasteiger partial charge is 0.324 e. The Balaban J connectivity index is 2.59. The molecule has 6 nitrogen and oxygen atoms in total. The molecule has 0 atom stereocenters. The van der Waals surface area contributed by atoms with Crippen molar-refractivity contribution in [2.75, 3.05) is 18.4 Å². The Morgan fingerprint density at radius 1 is 1.69 bits per heavy atom. The van der Waals surface area contributed by atoms with Crippen molar-refractivity contribution in [2.24, 2.45) is 0 Å². The van der Waals surface area contributed by atoms with Gasteiger partial charge in [-0.3, -0.25) is 10.1 Å². The Bertz CT molecular complexity index is 396. The monoisotopic (exact) mass is 307 g/mol. The zero-order chi connectivity index (χ0) is 12.1. The van der Waals surface area contributed by atoms with Gasteiger partial charge in [0.25, 0.3) is 0 Å². The second-order valence-corrected chi connectivity index (χ2v) is 5.22. The summed E-state index contributed by atoms with van der Waals surface area (Å²) >= 11 is 4.48. The van der Waals surface area contributed by atoms with Crippen LogP contribution >= 0.6 is 27.3 Å². The molecule has 0 radical (unpaired) electrons. The van der Waals surface area contributed by atoms with Crippen LogP contribution in [0.2, 0.25) is 0 Å². The third kappa shape index (κ3) is 3.78. The van der Waals surface area contributed by atoms with Crippen molar-refractivity contribution in [2.45, 2.75) is 6.92 Å². The molecule has 0 aliphatic heterocycles. The first-order chi connectivity index (χ1) is 7.52. The lowest BCUT2D eigenvalue weighted by molar-refractivity contribution is -0.137. The van der Waals surface area contributed by atoms with Gasteiger partial charge in [0.2, 0.25) is 0 Å². The van der Waals surface area contributed by atoms with Crippen molar-refractivity contribution in [3.05, 3.63) is 9.98 Å². The van der Waals surface area contributed by atoms with Crippen LogP contribution in [0.3, 0.4) is 0 Å². The number of nitrogens with one attached hydrogen (secondary N) is 1. The third-order valence-electron chi connectivity index (χ3n) is 1.69. The number of aliphatic carboxylic acids is 1. The number of anilines is 1. The summed E-state index contributed by atoms with van der Waals surface area (Å²) in [5.41, 5.74) is 0. The highest BCUT2D eigenvalue weighted by molar-refractivity contribution is 9.11. The number of urea groups is 1. The quantitative estimate of drug-likeness (QED) is 0.889. The summed E-state index contributed by atoms with van der Waals surface area (Å²) in [6.07, 6.45) is 1.56. The Morgan fingerprint density at radius 3 is 2.81 bits per heavy atom. The van der Waals surface area contributed by atoms with E-state index in [9.17, 15) is 9.59 Å². The molecular weight excluding hydrogens is 298 g/mol. The zero-order valence-electron chi connectivity index (χ0n) is 8.44. The summed E-state index contributed by atoms with van der Waals surface area (Å²) in [5, 5.41) is 11.5. The zero-order valence-corrected chi connectivity index (χ0v) is 10.8. The Kier molecular flexibility index (Phi) is 4.69. The topological polar surface area (TPSA) is 82.5 Å². The molecule has 1 heterocycles. The molecule has 0 saturated heterocycles. The fourth-order valence-corrected chi connectivity index (χ4v) is 2.07. The molecular formula is C8H10BrN3O3S. The van der Waals surface area contributed by atoms with Crippen molar-refractivity contribution in [3.8, 4) is 0 Å². The fourth-order valence-electron chi connectivity index (χ4n) is 0.973. The molecule has 1 aromatic rings. The van der Waals surface area contributed by atoms with Gasteiger partial charge in [-0.2, -0.15) is 0 Å². The fraction of sp³-hybridized carbons (Fsp3) is 0.375. The van der Waals surface area contributed by atoms with Crippen LogP contribution in [0.15, 0.2) is 9.98 Å². The number of carboxylic acid groups (broad SMARTS) is 1. The van der Waals surface area contributed by atoms with E-state index < -0.39 is 12.0 Å². The molecule has 0 saturated carbocycles. The van der Waals surface area contributed by atoms with Crippen molar-refractivity contribution >= 4 is 44.4 Å². The number of likely N-dealkylation sites (N-methyl/N-ethyl adjacent to an activating group) is 1. The summed E-state index contributed by atoms with van der Waals surface area (Å²) in [5.74, 6) is -1.04. The van der Waals surface area contributed by atoms with Crippen LogP contribution in [0.4, 0.5) is 9.93 Å². The average Bonchev–Trinajstić information content (AvgIpc) is 2.60. The first-order valence-electron chi connectivity index (χ1n) is 4.42. The van der Waals surface area contributed by atoms with E-state index in [0.29, 0.717) is 11.7 Å². The minimum atomic E-state index is -1.04. The maximum Gasteiger partial charge on any atom is 0.324 e. The van der Waals surface area contributed by atoms with E-state index in [4.69, 9.17) is 5.11 Å². The van der Waals surface area contributed by atoms with Gasteiger partial charge in [0.15, 0.2) is 5.13 Å². The number of halogens is 1. The van der Waals surface area contributed by atoms with Crippen molar-refractivity contribution in [3.63, 3.8) is 0 Å². The van der Waals surface area contributed by atoms with Gasteiger partial charge in [-0.25, -0.2) is 9.78 Å². The molecule has 2 N–H and O–H groups in total. The molecule has 0 spiro atoms. The summed E-state index contributed by atoms with van der Waals surface area (Å²) in [7, 11) is 0. The van der Waals surface area contributed by atoms with E-state index in [-0.39, 0.29) is 6.54 Å². The number of nitrogens with zero attached hydrogens (tertiary/aromatic N) is 2. The lowest BCUT2D eigenvalue weighted by atomic mass is 10.5. The Labute approximate surface area is 104 Å². The number of aromatic nitrogens is 1. The lowest BCUT2D eigenvalue weighted by Crippen LogP contribution is -2.38. The first kappa shape index (κ1) is 12.9. The van der Waals surface area contributed by atoms with Crippen LogP contribution in [0, 0.1) is 0 Å². The van der Waals surface area contributed by atoms with E-state index >= 15 is 0 Å². The van der Waals surface area contributed by atoms with Gasteiger partial charge in [-0.15, -0.1) is 0 Å². The highest BCUT2D eigenvalue weighted by Gasteiger charge is 2.15. The van der Waals surface area contributed by atoms with Crippen LogP contribution in [0.1, 0.15) is 6.92 Å². The maximum absolute atomic E-state index is 11.6. The molecule has 0 aromatic carbocycles. The van der Waals surface area contributed by atoms with Gasteiger partial charge in [-0.05, 0) is 22.9 Å². The Morgan fingerprint density at radius 2 is 2.38 bits per heavy atom. The SMILES string of the molecule is CCN(CC(=O)O)C(=O)Nc1ncc(Br)s1. The van der Waals surface area contributed by atoms with Crippen LogP contribution in [0.5, 0.6) is 0 Å². The molecule has 88 valence electrons. The number of carbonyl (C=O) groups excluding carboxylic acids is 1. The lowest BCUT2D eigenvalue weighted by Gasteiger charge is -2.17. The normalized spacial score (nSPS) is 9.88. The number of carboxylic acids is 1. The average molecular weight is 308 g/mol. The van der Waals surface area contributed by atoms with Gasteiger partial charge < -0.3 is 10.0 Å². The van der Waals surface area contributed by atoms with Crippen LogP contribution in [0.25, 0.3) is 0 Å². The number of amides is 2. The van der Waals surface area contributed by atoms with Crippen LogP contribution < -0.4 is 5.32 Å². The van der Waals surface area contributed by atoms with Gasteiger partial charge in [0.05, 0.1) is 9.98 Å². The molecule has 2 amide bonds. The summed E-state index contributed by atoms with van der Waals surface area (Å²) in [6.45, 7) is 1.71. The molecule has 0 aliphatic carbocycles. The Hall–Kier alpha value is -1.15. The van der Waals surface area contributed by atoms with Crippen molar-refractivity contribution in [1.29, 1.82) is 0 Å². The van der Waals surface area contributed by atoms with Crippen LogP contribution in [-0.4, -0.2) is 40.1 Å². The maximum atomic E-state index is 11.6. The molecule has 0 unspecified atom stereocenters. The highest BCUT2D eigenvalue weighted by atomic mass is 79.9. The highest BCUT2D eigenvalue weighted by Crippen LogP contribution is 2.23. The van der Waals surface area contributed by atoms with E-state index in [0.717, 1.165) is 3.79 Å². The predicted molar refractivity (Wildman–Crippen MR) is 63.7 cm³/mol. The third-order valence-corrected chi connectivity index (χ3v) is 3.08. The minimum Gasteiger partial charge on any atom is -0.480 e. The molecule has 0 fully saturated rings. The number of thiazole rings is 1. The summed E-state index contributed by atoms with van der Waals surface area (Å²) in [4.78, 5) is 27.2. The van der Waals surface area contributed by atoms with Gasteiger partial charge in [0, 0.05) is 6.54 Å². The van der Waals surface area contributed by atoms with Gasteiger partial charge >= 0.3 is 12.0 Å². The molecule has 0 aliphatic rings. The second-order valence-electron chi connectivity index (χ2n) is 2.81. The van der Waals surface area contributed by atoms with Crippen LogP contribution in [-0.2, 0) is 4.79 Å². The van der Waals surface area contributed by atoms with Gasteiger partial charge in [-0.1, -0.05) is 11.3 Å². The first-order valence-corrected chi connectivity index (χ1v) is 6.03. The molecule has 16 heavy (non-hydrogen) atoms. The molecule has 8 heteroatoms. The van der Waals surface area contributed by atoms with Gasteiger partial charge in [0.1, 0.15) is 6.54 Å². The number of hydrogen-bond acceptors (Lipinski definition) is 4. The molecule has 1 aromatic heterocycles. The second kappa shape index (κ2) is 5.80. The van der Waals surface area contributed by atoms with E-state index in [2.05, 4.69) is 26.2 Å². The standard InChI is InChI=1S/C8H10BrN3O3S/c1-2-12(4-6(13)14)8(15)11-7-10-3-5(9)16-7/h3H,2,4H2,1H3,(H,13,14)(H,10,11,15). The number of rotatable bonds is 4. The predicted octanol–water partition coefficient (Wildman–Crippen LogP) is 1.84. The molecule has 1 rings (SSSR count). The van der Waals surface area contributed by atoms with E-state index in [1.807, 2.05) is 0 Å². The summed E-state index contributed by atoms with van der Waals surface area (Å²) in [6, 6.07) is -0.466. The van der Waals surface area contributed by atoms with E-state index in [1.54, 1.807) is 13.1 Å². The molecule has 0 bridgehead atoms. The van der Waals surface area contributed by atoms with E-state index in [1.165, 1.54) is 16.2 Å². The van der Waals surface area contributed by atoms with Crippen molar-refractivity contribution < 1.29 is 14.7 Å². The van der Waals surface area contributed by atoms with Crippen molar-refractivity contribution in [1.82, 2.24) is 9.88 Å². The minimum absolute atomic E-state index is 0.324. The summed E-state index contributed by atoms with van der Waals surface area (Å²) < 4.78 is 0.795. The number of carbonyl (C=O) groups is 2.